The fourth-order valence-electron chi connectivity index (χ4n) is 4.94. The highest BCUT2D eigenvalue weighted by Gasteiger charge is 2.67. The van der Waals surface area contributed by atoms with Gasteiger partial charge >= 0.3 is 0 Å². The molecule has 29 heavy (non-hydrogen) atoms. The number of carbonyl (C=O) groups is 2. The van der Waals surface area contributed by atoms with Crippen molar-refractivity contribution in [2.75, 3.05) is 19.7 Å². The maximum atomic E-state index is 13.2. The lowest BCUT2D eigenvalue weighted by Gasteiger charge is -2.70. The molecule has 2 aromatic carbocycles. The Morgan fingerprint density at radius 1 is 1.07 bits per heavy atom. The summed E-state index contributed by atoms with van der Waals surface area (Å²) in [5, 5.41) is 10.0. The van der Waals surface area contributed by atoms with Gasteiger partial charge in [-0.2, -0.15) is 0 Å². The summed E-state index contributed by atoms with van der Waals surface area (Å²) < 4.78 is 13.2. The number of hydrogen-bond acceptors (Lipinski definition) is 3. The third kappa shape index (κ3) is 3.02. The Kier molecular flexibility index (Phi) is 4.90. The van der Waals surface area contributed by atoms with Crippen LogP contribution in [0.2, 0.25) is 0 Å². The van der Waals surface area contributed by atoms with Gasteiger partial charge in [-0.05, 0) is 28.8 Å². The fourth-order valence-corrected chi connectivity index (χ4v) is 4.94. The molecule has 1 N–H and O–H groups in total. The molecular formula is C23H25FN2O3. The standard InChI is InChI=1S/C23H25FN2O3/c1-3-21(29)26-20(12-27)22(23(26)13-25(14-23)15(2)28)18-6-4-16(5-7-18)17-8-10-19(24)11-9-17/h4-11,20,22,27H,3,12-14H2,1-2H3/t20-,22+/m0/s1. The third-order valence-corrected chi connectivity index (χ3v) is 6.36. The highest BCUT2D eigenvalue weighted by molar-refractivity contribution is 5.82. The fraction of sp³-hybridized carbons (Fsp3) is 0.391. The number of rotatable bonds is 4. The van der Waals surface area contributed by atoms with Crippen LogP contribution in [0.3, 0.4) is 0 Å². The van der Waals surface area contributed by atoms with Crippen molar-refractivity contribution in [2.24, 2.45) is 0 Å². The van der Waals surface area contributed by atoms with Crippen LogP contribution in [0.1, 0.15) is 31.7 Å². The van der Waals surface area contributed by atoms with Crippen LogP contribution in [0.15, 0.2) is 48.5 Å². The lowest BCUT2D eigenvalue weighted by atomic mass is 9.60. The Morgan fingerprint density at radius 2 is 1.62 bits per heavy atom. The summed E-state index contributed by atoms with van der Waals surface area (Å²) in [7, 11) is 0. The first-order valence-corrected chi connectivity index (χ1v) is 9.95. The molecule has 0 unspecified atom stereocenters. The van der Waals surface area contributed by atoms with Crippen LogP contribution < -0.4 is 0 Å². The molecule has 0 bridgehead atoms. The van der Waals surface area contributed by atoms with E-state index < -0.39 is 5.54 Å². The van der Waals surface area contributed by atoms with Crippen molar-refractivity contribution in [3.63, 3.8) is 0 Å². The molecular weight excluding hydrogens is 371 g/mol. The molecule has 2 aromatic rings. The van der Waals surface area contributed by atoms with E-state index in [0.29, 0.717) is 19.5 Å². The minimum absolute atomic E-state index is 0.00243. The summed E-state index contributed by atoms with van der Waals surface area (Å²) in [5.41, 5.74) is 2.50. The molecule has 2 fully saturated rings. The van der Waals surface area contributed by atoms with E-state index >= 15 is 0 Å². The quantitative estimate of drug-likeness (QED) is 0.865. The Labute approximate surface area is 169 Å². The molecule has 2 heterocycles. The van der Waals surface area contributed by atoms with Crippen molar-refractivity contribution in [1.29, 1.82) is 0 Å². The van der Waals surface area contributed by atoms with E-state index in [1.54, 1.807) is 21.9 Å². The van der Waals surface area contributed by atoms with Gasteiger partial charge in [-0.15, -0.1) is 0 Å². The first kappa shape index (κ1) is 19.6. The highest BCUT2D eigenvalue weighted by Crippen LogP contribution is 2.54. The van der Waals surface area contributed by atoms with E-state index in [1.807, 2.05) is 31.2 Å². The number of amides is 2. The zero-order chi connectivity index (χ0) is 20.8. The van der Waals surface area contributed by atoms with Crippen LogP contribution in [0.25, 0.3) is 11.1 Å². The first-order chi connectivity index (χ1) is 13.9. The third-order valence-electron chi connectivity index (χ3n) is 6.36. The molecule has 1 spiro atoms. The van der Waals surface area contributed by atoms with Gasteiger partial charge in [0.25, 0.3) is 0 Å². The molecule has 0 aromatic heterocycles. The summed E-state index contributed by atoms with van der Waals surface area (Å²) in [6, 6.07) is 14.1. The second-order valence-corrected chi connectivity index (χ2v) is 7.95. The number of nitrogens with zero attached hydrogens (tertiary/aromatic N) is 2. The lowest BCUT2D eigenvalue weighted by Crippen LogP contribution is -2.85. The smallest absolute Gasteiger partial charge is 0.223 e. The largest absolute Gasteiger partial charge is 0.394 e. The zero-order valence-corrected chi connectivity index (χ0v) is 16.6. The first-order valence-electron chi connectivity index (χ1n) is 9.95. The highest BCUT2D eigenvalue weighted by atomic mass is 19.1. The predicted octanol–water partition coefficient (Wildman–Crippen LogP) is 2.79. The van der Waals surface area contributed by atoms with E-state index in [1.165, 1.54) is 19.1 Å². The number of carbonyl (C=O) groups excluding carboxylic acids is 2. The minimum atomic E-state index is -0.441. The maximum absolute atomic E-state index is 13.2. The van der Waals surface area contributed by atoms with E-state index in [4.69, 9.17) is 0 Å². The van der Waals surface area contributed by atoms with Crippen LogP contribution in [-0.2, 0) is 9.59 Å². The van der Waals surface area contributed by atoms with Crippen LogP contribution in [0, 0.1) is 5.82 Å². The van der Waals surface area contributed by atoms with Gasteiger partial charge in [0, 0.05) is 32.4 Å². The minimum Gasteiger partial charge on any atom is -0.394 e. The molecule has 5 nitrogen and oxygen atoms in total. The lowest BCUT2D eigenvalue weighted by molar-refractivity contribution is -0.202. The second kappa shape index (κ2) is 7.26. The van der Waals surface area contributed by atoms with Gasteiger partial charge in [0.15, 0.2) is 0 Å². The SMILES string of the molecule is CCC(=O)N1[C@@H](CO)[C@@H](c2ccc(-c3ccc(F)cc3)cc2)C12CN(C(C)=O)C2. The summed E-state index contributed by atoms with van der Waals surface area (Å²) in [4.78, 5) is 27.9. The number of hydrogen-bond donors (Lipinski definition) is 1. The molecule has 2 aliphatic rings. The van der Waals surface area contributed by atoms with Gasteiger partial charge < -0.3 is 14.9 Å². The van der Waals surface area contributed by atoms with Crippen molar-refractivity contribution in [2.45, 2.75) is 37.8 Å². The number of halogens is 1. The summed E-state index contributed by atoms with van der Waals surface area (Å²) in [6.07, 6.45) is 0.370. The molecule has 152 valence electrons. The summed E-state index contributed by atoms with van der Waals surface area (Å²) in [5.74, 6) is -0.294. The van der Waals surface area contributed by atoms with Gasteiger partial charge in [0.05, 0.1) is 18.2 Å². The summed E-state index contributed by atoms with van der Waals surface area (Å²) in [6.45, 7) is 4.23. The van der Waals surface area contributed by atoms with Crippen LogP contribution in [-0.4, -0.2) is 58.0 Å². The van der Waals surface area contributed by atoms with Crippen molar-refractivity contribution in [3.8, 4) is 11.1 Å². The Hall–Kier alpha value is -2.73. The summed E-state index contributed by atoms with van der Waals surface area (Å²) >= 11 is 0. The topological polar surface area (TPSA) is 60.9 Å². The van der Waals surface area contributed by atoms with Gasteiger partial charge in [-0.25, -0.2) is 4.39 Å². The van der Waals surface area contributed by atoms with Crippen LogP contribution >= 0.6 is 0 Å². The molecule has 2 atom stereocenters. The average molecular weight is 396 g/mol. The van der Waals surface area contributed by atoms with E-state index in [2.05, 4.69) is 0 Å². The maximum Gasteiger partial charge on any atom is 0.223 e. The zero-order valence-electron chi connectivity index (χ0n) is 16.6. The molecule has 4 rings (SSSR count). The van der Waals surface area contributed by atoms with Crippen molar-refractivity contribution >= 4 is 11.8 Å². The Bertz CT molecular complexity index is 920. The van der Waals surface area contributed by atoms with Crippen molar-refractivity contribution < 1.29 is 19.1 Å². The molecule has 0 saturated carbocycles. The number of likely N-dealkylation sites (tertiary alicyclic amines) is 2. The van der Waals surface area contributed by atoms with Gasteiger partial charge in [-0.3, -0.25) is 9.59 Å². The molecule has 0 radical (unpaired) electrons. The monoisotopic (exact) mass is 396 g/mol. The van der Waals surface area contributed by atoms with Gasteiger partial charge in [0.2, 0.25) is 11.8 Å². The Morgan fingerprint density at radius 3 is 2.10 bits per heavy atom. The van der Waals surface area contributed by atoms with Crippen molar-refractivity contribution in [3.05, 3.63) is 59.9 Å². The van der Waals surface area contributed by atoms with E-state index in [0.717, 1.165) is 16.7 Å². The van der Waals surface area contributed by atoms with E-state index in [9.17, 15) is 19.1 Å². The molecule has 2 amide bonds. The molecule has 2 saturated heterocycles. The van der Waals surface area contributed by atoms with Gasteiger partial charge in [-0.1, -0.05) is 43.3 Å². The van der Waals surface area contributed by atoms with Crippen molar-refractivity contribution in [1.82, 2.24) is 9.80 Å². The average Bonchev–Trinajstić information content (AvgIpc) is 2.67. The predicted molar refractivity (Wildman–Crippen MR) is 108 cm³/mol. The van der Waals surface area contributed by atoms with Gasteiger partial charge in [0.1, 0.15) is 5.82 Å². The van der Waals surface area contributed by atoms with Crippen LogP contribution in [0.5, 0.6) is 0 Å². The second-order valence-electron chi connectivity index (χ2n) is 7.95. The number of aliphatic hydroxyl groups is 1. The molecule has 6 heteroatoms. The molecule has 0 aliphatic carbocycles. The van der Waals surface area contributed by atoms with E-state index in [-0.39, 0.29) is 36.2 Å². The van der Waals surface area contributed by atoms with Crippen LogP contribution in [0.4, 0.5) is 4.39 Å². The number of aliphatic hydroxyl groups excluding tert-OH is 1. The number of benzene rings is 2. The normalized spacial score (nSPS) is 22.2. The molecule has 2 aliphatic heterocycles. The Balaban J connectivity index is 1.64.